The number of alkyl halides is 3. The molecule has 9 heteroatoms. The summed E-state index contributed by atoms with van der Waals surface area (Å²) in [5.74, 6) is -0.326. The van der Waals surface area contributed by atoms with Gasteiger partial charge in [-0.2, -0.15) is 13.2 Å². The molecule has 5 nitrogen and oxygen atoms in total. The van der Waals surface area contributed by atoms with Gasteiger partial charge in [-0.05, 0) is 30.0 Å². The maximum atomic E-state index is 12.8. The zero-order chi connectivity index (χ0) is 16.6. The lowest BCUT2D eigenvalue weighted by molar-refractivity contribution is -0.137. The minimum Gasteiger partial charge on any atom is -0.369 e. The lowest BCUT2D eigenvalue weighted by Crippen LogP contribution is -2.51. The van der Waals surface area contributed by atoms with E-state index in [0.29, 0.717) is 31.9 Å². The smallest absolute Gasteiger partial charge is 0.369 e. The molecule has 0 radical (unpaired) electrons. The predicted octanol–water partition coefficient (Wildman–Crippen LogP) is 2.14. The molecule has 2 aliphatic rings. The highest BCUT2D eigenvalue weighted by Gasteiger charge is 2.38. The summed E-state index contributed by atoms with van der Waals surface area (Å²) in [4.78, 5) is 26.6. The van der Waals surface area contributed by atoms with E-state index in [0.717, 1.165) is 23.9 Å². The third kappa shape index (κ3) is 3.45. The van der Waals surface area contributed by atoms with Gasteiger partial charge in [0.05, 0.1) is 5.56 Å². The number of carbonyl (C=O) groups is 2. The molecular weight excluding hydrogens is 331 g/mol. The van der Waals surface area contributed by atoms with E-state index in [1.54, 1.807) is 6.07 Å². The first-order valence-corrected chi connectivity index (χ1v) is 7.90. The van der Waals surface area contributed by atoms with Crippen LogP contribution >= 0.6 is 11.8 Å². The molecule has 124 valence electrons. The highest BCUT2D eigenvalue weighted by atomic mass is 32.2. The number of rotatable bonds is 2. The molecule has 3 rings (SSSR count). The van der Waals surface area contributed by atoms with Crippen LogP contribution in [0.25, 0.3) is 0 Å². The molecule has 0 aromatic heterocycles. The Hall–Kier alpha value is -1.74. The fraction of sp³-hybridized carbons (Fsp3) is 0.429. The Morgan fingerprint density at radius 1 is 1.13 bits per heavy atom. The van der Waals surface area contributed by atoms with E-state index in [1.807, 2.05) is 9.80 Å². The summed E-state index contributed by atoms with van der Waals surface area (Å²) in [5, 5.41) is 1.34. The molecule has 0 aliphatic carbocycles. The minimum atomic E-state index is -4.36. The van der Waals surface area contributed by atoms with Crippen molar-refractivity contribution in [2.75, 3.05) is 31.1 Å². The van der Waals surface area contributed by atoms with E-state index >= 15 is 0 Å². The third-order valence-electron chi connectivity index (χ3n) is 3.85. The monoisotopic (exact) mass is 345 g/mol. The van der Waals surface area contributed by atoms with Gasteiger partial charge >= 0.3 is 6.18 Å². The molecule has 1 aromatic carbocycles. The van der Waals surface area contributed by atoms with Crippen molar-refractivity contribution in [2.24, 2.45) is 0 Å². The van der Waals surface area contributed by atoms with Gasteiger partial charge in [0.25, 0.3) is 11.1 Å². The molecule has 2 heterocycles. The number of hydrogen-bond acceptors (Lipinski definition) is 5. The van der Waals surface area contributed by atoms with E-state index < -0.39 is 17.1 Å². The molecule has 1 unspecified atom stereocenters. The fourth-order valence-corrected chi connectivity index (χ4v) is 3.57. The predicted molar refractivity (Wildman–Crippen MR) is 80.1 cm³/mol. The largest absolute Gasteiger partial charge is 0.416 e. The number of anilines is 1. The lowest BCUT2D eigenvalue weighted by atomic mass is 10.1. The topological polar surface area (TPSA) is 52.7 Å². The molecule has 23 heavy (non-hydrogen) atoms. The lowest BCUT2D eigenvalue weighted by Gasteiger charge is -2.37. The average molecular weight is 345 g/mol. The van der Waals surface area contributed by atoms with Crippen LogP contribution < -0.4 is 10.2 Å². The van der Waals surface area contributed by atoms with E-state index in [9.17, 15) is 22.8 Å². The minimum absolute atomic E-state index is 0.326. The Bertz CT molecular complexity index is 630. The number of halogens is 3. The van der Waals surface area contributed by atoms with Crippen LogP contribution in [0.3, 0.4) is 0 Å². The number of benzene rings is 1. The normalized spacial score (nSPS) is 23.3. The van der Waals surface area contributed by atoms with Crippen LogP contribution in [0.4, 0.5) is 23.7 Å². The molecule has 1 atom stereocenters. The second kappa shape index (κ2) is 6.04. The van der Waals surface area contributed by atoms with Gasteiger partial charge in [-0.15, -0.1) is 0 Å². The zero-order valence-electron chi connectivity index (χ0n) is 12.0. The van der Waals surface area contributed by atoms with Crippen molar-refractivity contribution in [2.45, 2.75) is 11.6 Å². The molecule has 2 amide bonds. The number of nitrogens with zero attached hydrogens (tertiary/aromatic N) is 2. The number of carbonyl (C=O) groups excluding carboxylic acids is 2. The fourth-order valence-electron chi connectivity index (χ4n) is 2.68. The molecular formula is C14H14F3N3O2S. The number of hydrogen-bond donors (Lipinski definition) is 1. The molecule has 2 fully saturated rings. The van der Waals surface area contributed by atoms with Gasteiger partial charge in [0, 0.05) is 31.9 Å². The van der Waals surface area contributed by atoms with Gasteiger partial charge in [-0.25, -0.2) is 0 Å². The molecule has 2 aliphatic heterocycles. The Balaban J connectivity index is 1.65. The number of imide groups is 1. The van der Waals surface area contributed by atoms with Gasteiger partial charge in [0.2, 0.25) is 0 Å². The van der Waals surface area contributed by atoms with Crippen LogP contribution in [0, 0.1) is 0 Å². The third-order valence-corrected chi connectivity index (χ3v) is 4.90. The summed E-state index contributed by atoms with van der Waals surface area (Å²) in [7, 11) is 0. The van der Waals surface area contributed by atoms with Crippen LogP contribution in [0.15, 0.2) is 24.3 Å². The van der Waals surface area contributed by atoms with Crippen LogP contribution in [0.5, 0.6) is 0 Å². The molecule has 0 spiro atoms. The van der Waals surface area contributed by atoms with Crippen molar-refractivity contribution in [3.05, 3.63) is 29.8 Å². The molecule has 0 bridgehead atoms. The Labute approximate surface area is 134 Å². The maximum Gasteiger partial charge on any atom is 0.416 e. The first-order valence-electron chi connectivity index (χ1n) is 7.02. The van der Waals surface area contributed by atoms with E-state index in [-0.39, 0.29) is 11.1 Å². The van der Waals surface area contributed by atoms with Crippen molar-refractivity contribution in [1.29, 1.82) is 0 Å². The van der Waals surface area contributed by atoms with Crippen LogP contribution in [-0.4, -0.2) is 47.6 Å². The SMILES string of the molecule is O=C1NC(=O)C(N2CCN(c3cccc(C(F)(F)F)c3)CC2)S1. The van der Waals surface area contributed by atoms with Gasteiger partial charge < -0.3 is 4.90 Å². The van der Waals surface area contributed by atoms with Gasteiger partial charge in [-0.3, -0.25) is 19.8 Å². The molecule has 1 N–H and O–H groups in total. The van der Waals surface area contributed by atoms with Gasteiger partial charge in [0.15, 0.2) is 0 Å². The van der Waals surface area contributed by atoms with Gasteiger partial charge in [0.1, 0.15) is 5.37 Å². The summed E-state index contributed by atoms with van der Waals surface area (Å²) in [5.41, 5.74) is -0.159. The Kier molecular flexibility index (Phi) is 4.24. The first kappa shape index (κ1) is 16.1. The standard InChI is InChI=1S/C14H14F3N3O2S/c15-14(16,17)9-2-1-3-10(8-9)19-4-6-20(7-5-19)12-11(21)18-13(22)23-12/h1-3,8,12H,4-7H2,(H,18,21,22). The second-order valence-electron chi connectivity index (χ2n) is 5.32. The number of piperazine rings is 1. The highest BCUT2D eigenvalue weighted by Crippen LogP contribution is 2.32. The highest BCUT2D eigenvalue weighted by molar-refractivity contribution is 8.15. The van der Waals surface area contributed by atoms with E-state index in [1.165, 1.54) is 6.07 Å². The van der Waals surface area contributed by atoms with Crippen molar-refractivity contribution < 1.29 is 22.8 Å². The maximum absolute atomic E-state index is 12.8. The average Bonchev–Trinajstić information content (AvgIpc) is 2.85. The summed E-state index contributed by atoms with van der Waals surface area (Å²) >= 11 is 0.942. The van der Waals surface area contributed by atoms with Crippen molar-refractivity contribution in [1.82, 2.24) is 10.2 Å². The quantitative estimate of drug-likeness (QED) is 0.890. The van der Waals surface area contributed by atoms with Crippen LogP contribution in [0.1, 0.15) is 5.56 Å². The summed E-state index contributed by atoms with van der Waals surface area (Å²) < 4.78 is 38.3. The number of amides is 2. The van der Waals surface area contributed by atoms with Crippen LogP contribution in [0.2, 0.25) is 0 Å². The summed E-state index contributed by atoms with van der Waals surface area (Å²) in [6.07, 6.45) is -4.36. The Morgan fingerprint density at radius 2 is 1.83 bits per heavy atom. The van der Waals surface area contributed by atoms with Crippen molar-refractivity contribution >= 4 is 28.6 Å². The van der Waals surface area contributed by atoms with Gasteiger partial charge in [-0.1, -0.05) is 6.07 Å². The zero-order valence-corrected chi connectivity index (χ0v) is 12.8. The van der Waals surface area contributed by atoms with E-state index in [2.05, 4.69) is 5.32 Å². The Morgan fingerprint density at radius 3 is 2.39 bits per heavy atom. The molecule has 0 saturated carbocycles. The van der Waals surface area contributed by atoms with Crippen LogP contribution in [-0.2, 0) is 11.0 Å². The van der Waals surface area contributed by atoms with E-state index in [4.69, 9.17) is 0 Å². The first-order chi connectivity index (χ1) is 10.8. The van der Waals surface area contributed by atoms with Crippen molar-refractivity contribution in [3.63, 3.8) is 0 Å². The summed E-state index contributed by atoms with van der Waals surface area (Å²) in [6.45, 7) is 2.02. The second-order valence-corrected chi connectivity index (χ2v) is 6.37. The number of thioether (sulfide) groups is 1. The summed E-state index contributed by atoms with van der Waals surface area (Å²) in [6, 6.07) is 5.22. The van der Waals surface area contributed by atoms with Crippen molar-refractivity contribution in [3.8, 4) is 0 Å². The molecule has 1 aromatic rings. The molecule has 2 saturated heterocycles. The number of nitrogens with one attached hydrogen (secondary N) is 1.